The molecule has 1 aromatic rings. The number of aromatic nitrogens is 1. The zero-order valence-corrected chi connectivity index (χ0v) is 9.39. The van der Waals surface area contributed by atoms with Gasteiger partial charge in [-0.1, -0.05) is 0 Å². The van der Waals surface area contributed by atoms with E-state index < -0.39 is 18.2 Å². The third-order valence-corrected chi connectivity index (χ3v) is 2.19. The van der Waals surface area contributed by atoms with E-state index in [2.05, 4.69) is 25.7 Å². The van der Waals surface area contributed by atoms with Crippen molar-refractivity contribution in [3.8, 4) is 5.88 Å². The van der Waals surface area contributed by atoms with Gasteiger partial charge in [-0.15, -0.1) is 13.2 Å². The van der Waals surface area contributed by atoms with Gasteiger partial charge in [0, 0.05) is 10.5 Å². The molecule has 0 aliphatic heterocycles. The lowest BCUT2D eigenvalue weighted by molar-refractivity contribution is -0.276. The minimum atomic E-state index is -4.86. The van der Waals surface area contributed by atoms with Crippen LogP contribution in [0.3, 0.4) is 0 Å². The monoisotopic (exact) mass is 299 g/mol. The zero-order valence-electron chi connectivity index (χ0n) is 7.80. The molecule has 8 heteroatoms. The molecule has 0 amide bonds. The molecule has 0 spiro atoms. The maximum absolute atomic E-state index is 11.9. The van der Waals surface area contributed by atoms with Gasteiger partial charge in [-0.05, 0) is 22.9 Å². The lowest BCUT2D eigenvalue weighted by Gasteiger charge is -2.10. The molecule has 0 saturated heterocycles. The number of pyridine rings is 1. The van der Waals surface area contributed by atoms with Gasteiger partial charge in [0.1, 0.15) is 0 Å². The lowest BCUT2D eigenvalue weighted by Crippen LogP contribution is -2.18. The average Bonchev–Trinajstić information content (AvgIpc) is 1.96. The van der Waals surface area contributed by atoms with Crippen molar-refractivity contribution >= 4 is 21.9 Å². The first kappa shape index (κ1) is 12.8. The highest BCUT2D eigenvalue weighted by atomic mass is 79.9. The van der Waals surface area contributed by atoms with Gasteiger partial charge in [0.05, 0.1) is 11.3 Å². The molecule has 0 unspecified atom stereocenters. The number of rotatable bonds is 2. The molecule has 0 aromatic carbocycles. The van der Waals surface area contributed by atoms with Gasteiger partial charge >= 0.3 is 12.3 Å². The number of hydrogen-bond acceptors (Lipinski definition) is 3. The van der Waals surface area contributed by atoms with E-state index in [-0.39, 0.29) is 15.7 Å². The highest BCUT2D eigenvalue weighted by Crippen LogP contribution is 2.27. The van der Waals surface area contributed by atoms with E-state index in [1.54, 1.807) is 0 Å². The highest BCUT2D eigenvalue weighted by molar-refractivity contribution is 9.10. The van der Waals surface area contributed by atoms with Crippen LogP contribution in [-0.2, 0) is 0 Å². The lowest BCUT2D eigenvalue weighted by atomic mass is 10.2. The van der Waals surface area contributed by atoms with Gasteiger partial charge in [-0.25, -0.2) is 9.78 Å². The second-order valence-electron chi connectivity index (χ2n) is 2.76. The summed E-state index contributed by atoms with van der Waals surface area (Å²) < 4.78 is 39.2. The molecule has 16 heavy (non-hydrogen) atoms. The normalized spacial score (nSPS) is 11.3. The molecule has 1 heterocycles. The van der Waals surface area contributed by atoms with E-state index >= 15 is 0 Å². The number of alkyl halides is 3. The largest absolute Gasteiger partial charge is 0.574 e. The van der Waals surface area contributed by atoms with E-state index in [1.807, 2.05) is 0 Å². The average molecular weight is 300 g/mol. The third kappa shape index (κ3) is 3.09. The Morgan fingerprint density at radius 2 is 2.12 bits per heavy atom. The van der Waals surface area contributed by atoms with Crippen molar-refractivity contribution in [3.63, 3.8) is 0 Å². The number of ether oxygens (including phenoxy) is 1. The summed E-state index contributed by atoms with van der Waals surface area (Å²) in [6.45, 7) is 1.28. The van der Waals surface area contributed by atoms with Crippen LogP contribution in [0.25, 0.3) is 0 Å². The molecule has 0 aliphatic carbocycles. The van der Waals surface area contributed by atoms with Crippen molar-refractivity contribution in [3.05, 3.63) is 21.8 Å². The van der Waals surface area contributed by atoms with Crippen LogP contribution in [-0.4, -0.2) is 22.4 Å². The van der Waals surface area contributed by atoms with Gasteiger partial charge in [0.15, 0.2) is 0 Å². The van der Waals surface area contributed by atoms with E-state index in [0.717, 1.165) is 6.07 Å². The minimum Gasteiger partial charge on any atom is -0.478 e. The SMILES string of the molecule is Cc1nc(OC(F)(F)F)cc(Br)c1C(=O)O. The molecule has 0 radical (unpaired) electrons. The predicted octanol–water partition coefficient (Wildman–Crippen LogP) is 2.75. The first-order valence-electron chi connectivity index (χ1n) is 3.87. The molecule has 1 aromatic heterocycles. The van der Waals surface area contributed by atoms with Crippen molar-refractivity contribution in [2.75, 3.05) is 0 Å². The number of hydrogen-bond donors (Lipinski definition) is 1. The van der Waals surface area contributed by atoms with Crippen molar-refractivity contribution < 1.29 is 27.8 Å². The number of aryl methyl sites for hydroxylation is 1. The van der Waals surface area contributed by atoms with Gasteiger partial charge in [-0.3, -0.25) is 0 Å². The Balaban J connectivity index is 3.15. The standard InChI is InChI=1S/C8H5BrF3NO3/c1-3-6(7(14)15)4(9)2-5(13-3)16-8(10,11)12/h2H,1H3,(H,14,15). The van der Waals surface area contributed by atoms with Crippen molar-refractivity contribution in [1.29, 1.82) is 0 Å². The Kier molecular flexibility index (Phi) is 3.41. The van der Waals surface area contributed by atoms with Crippen LogP contribution in [0.2, 0.25) is 0 Å². The van der Waals surface area contributed by atoms with Gasteiger partial charge in [0.25, 0.3) is 0 Å². The summed E-state index contributed by atoms with van der Waals surface area (Å²) in [5, 5.41) is 8.74. The van der Waals surface area contributed by atoms with Crippen LogP contribution in [0.5, 0.6) is 5.88 Å². The maximum Gasteiger partial charge on any atom is 0.574 e. The molecule has 0 atom stereocenters. The minimum absolute atomic E-state index is 0.0215. The number of carboxylic acid groups (broad SMARTS) is 1. The molecule has 1 N–H and O–H groups in total. The Morgan fingerprint density at radius 1 is 1.56 bits per heavy atom. The van der Waals surface area contributed by atoms with Crippen LogP contribution in [0.4, 0.5) is 13.2 Å². The first-order valence-corrected chi connectivity index (χ1v) is 4.66. The number of carbonyl (C=O) groups is 1. The highest BCUT2D eigenvalue weighted by Gasteiger charge is 2.32. The fourth-order valence-electron chi connectivity index (χ4n) is 1.03. The molecule has 1 rings (SSSR count). The van der Waals surface area contributed by atoms with Crippen LogP contribution < -0.4 is 4.74 Å². The summed E-state index contributed by atoms with van der Waals surface area (Å²) in [6.07, 6.45) is -4.86. The molecule has 88 valence electrons. The molecule has 0 fully saturated rings. The summed E-state index contributed by atoms with van der Waals surface area (Å²) in [5.41, 5.74) is -0.268. The van der Waals surface area contributed by atoms with Crippen molar-refractivity contribution in [2.45, 2.75) is 13.3 Å². The van der Waals surface area contributed by atoms with E-state index in [0.29, 0.717) is 0 Å². The summed E-state index contributed by atoms with van der Waals surface area (Å²) in [5.74, 6) is -1.99. The Morgan fingerprint density at radius 3 is 2.50 bits per heavy atom. The van der Waals surface area contributed by atoms with Crippen molar-refractivity contribution in [1.82, 2.24) is 4.98 Å². The van der Waals surface area contributed by atoms with E-state index in [9.17, 15) is 18.0 Å². The van der Waals surface area contributed by atoms with Gasteiger partial charge in [0.2, 0.25) is 5.88 Å². The van der Waals surface area contributed by atoms with Crippen LogP contribution in [0.15, 0.2) is 10.5 Å². The smallest absolute Gasteiger partial charge is 0.478 e. The second kappa shape index (κ2) is 4.28. The summed E-state index contributed by atoms with van der Waals surface area (Å²) >= 11 is 2.84. The van der Waals surface area contributed by atoms with Crippen LogP contribution in [0, 0.1) is 6.92 Å². The maximum atomic E-state index is 11.9. The van der Waals surface area contributed by atoms with E-state index in [1.165, 1.54) is 6.92 Å². The van der Waals surface area contributed by atoms with E-state index in [4.69, 9.17) is 5.11 Å². The molecular weight excluding hydrogens is 295 g/mol. The Hall–Kier alpha value is -1.31. The molecule has 0 aliphatic rings. The molecule has 4 nitrogen and oxygen atoms in total. The Bertz CT molecular complexity index is 410. The summed E-state index contributed by atoms with van der Waals surface area (Å²) in [6, 6.07) is 0.851. The summed E-state index contributed by atoms with van der Waals surface area (Å²) in [7, 11) is 0. The van der Waals surface area contributed by atoms with Crippen molar-refractivity contribution in [2.24, 2.45) is 0 Å². The fraction of sp³-hybridized carbons (Fsp3) is 0.250. The van der Waals surface area contributed by atoms with Gasteiger partial charge < -0.3 is 9.84 Å². The predicted molar refractivity (Wildman–Crippen MR) is 50.3 cm³/mol. The quantitative estimate of drug-likeness (QED) is 0.912. The number of nitrogens with zero attached hydrogens (tertiary/aromatic N) is 1. The zero-order chi connectivity index (χ0) is 12.5. The second-order valence-corrected chi connectivity index (χ2v) is 3.61. The molecular formula is C8H5BrF3NO3. The molecule has 0 saturated carbocycles. The van der Waals surface area contributed by atoms with Gasteiger partial charge in [-0.2, -0.15) is 0 Å². The number of aromatic carboxylic acids is 1. The molecule has 0 bridgehead atoms. The number of carboxylic acids is 1. The topological polar surface area (TPSA) is 59.4 Å². The first-order chi connectivity index (χ1) is 7.20. The third-order valence-electron chi connectivity index (χ3n) is 1.56. The summed E-state index contributed by atoms with van der Waals surface area (Å²) in [4.78, 5) is 14.1. The number of halogens is 4. The van der Waals surface area contributed by atoms with Crippen LogP contribution >= 0.6 is 15.9 Å². The van der Waals surface area contributed by atoms with Crippen LogP contribution in [0.1, 0.15) is 16.1 Å². The Labute approximate surface area is 96.2 Å². The fourth-order valence-corrected chi connectivity index (χ4v) is 1.69.